The van der Waals surface area contributed by atoms with Crippen molar-refractivity contribution in [3.63, 3.8) is 0 Å². The molecule has 0 aliphatic heterocycles. The minimum Gasteiger partial charge on any atom is -0.493 e. The fourth-order valence-electron chi connectivity index (χ4n) is 2.78. The summed E-state index contributed by atoms with van der Waals surface area (Å²) in [5, 5.41) is 2.60. The van der Waals surface area contributed by atoms with Gasteiger partial charge < -0.3 is 14.8 Å². The second kappa shape index (κ2) is 9.56. The zero-order chi connectivity index (χ0) is 20.8. The third-order valence-electron chi connectivity index (χ3n) is 4.19. The van der Waals surface area contributed by atoms with Gasteiger partial charge in [0.25, 0.3) is 5.91 Å². The quantitative estimate of drug-likeness (QED) is 0.464. The molecular formula is C23H21BrFNO3. The SMILES string of the molecule is CCOc1ccc(C(=O)Nc2ccc(Br)cc2F)cc1COc1cccc(C)c1. The van der Waals surface area contributed by atoms with Gasteiger partial charge in [0.05, 0.1) is 12.3 Å². The average Bonchev–Trinajstić information content (AvgIpc) is 2.69. The molecule has 150 valence electrons. The van der Waals surface area contributed by atoms with Crippen LogP contribution in [-0.2, 0) is 6.61 Å². The number of rotatable bonds is 7. The lowest BCUT2D eigenvalue weighted by molar-refractivity contribution is 0.102. The van der Waals surface area contributed by atoms with Gasteiger partial charge in [0.2, 0.25) is 0 Å². The predicted octanol–water partition coefficient (Wildman–Crippen LogP) is 6.13. The van der Waals surface area contributed by atoms with Crippen LogP contribution in [0.25, 0.3) is 0 Å². The van der Waals surface area contributed by atoms with Gasteiger partial charge in [0.15, 0.2) is 0 Å². The number of hydrogen-bond acceptors (Lipinski definition) is 3. The first-order valence-electron chi connectivity index (χ1n) is 9.18. The van der Waals surface area contributed by atoms with E-state index in [0.717, 1.165) is 16.9 Å². The summed E-state index contributed by atoms with van der Waals surface area (Å²) in [5.74, 6) is 0.457. The highest BCUT2D eigenvalue weighted by Crippen LogP contribution is 2.25. The van der Waals surface area contributed by atoms with Crippen molar-refractivity contribution >= 4 is 27.5 Å². The number of carbonyl (C=O) groups excluding carboxylic acids is 1. The number of ether oxygens (including phenoxy) is 2. The van der Waals surface area contributed by atoms with Crippen molar-refractivity contribution in [2.75, 3.05) is 11.9 Å². The molecule has 1 N–H and O–H groups in total. The molecule has 3 aromatic carbocycles. The number of benzene rings is 3. The van der Waals surface area contributed by atoms with Crippen LogP contribution < -0.4 is 14.8 Å². The molecule has 4 nitrogen and oxygen atoms in total. The lowest BCUT2D eigenvalue weighted by atomic mass is 10.1. The minimum atomic E-state index is -0.512. The zero-order valence-corrected chi connectivity index (χ0v) is 17.8. The monoisotopic (exact) mass is 457 g/mol. The molecule has 0 aliphatic rings. The Hall–Kier alpha value is -2.86. The lowest BCUT2D eigenvalue weighted by Crippen LogP contribution is -2.14. The topological polar surface area (TPSA) is 47.6 Å². The number of hydrogen-bond donors (Lipinski definition) is 1. The summed E-state index contributed by atoms with van der Waals surface area (Å²) >= 11 is 3.20. The summed E-state index contributed by atoms with van der Waals surface area (Å²) in [4.78, 5) is 12.6. The fraction of sp³-hybridized carbons (Fsp3) is 0.174. The second-order valence-corrected chi connectivity index (χ2v) is 7.35. The maximum absolute atomic E-state index is 14.0. The van der Waals surface area contributed by atoms with E-state index in [9.17, 15) is 9.18 Å². The number of nitrogens with one attached hydrogen (secondary N) is 1. The summed E-state index contributed by atoms with van der Waals surface area (Å²) in [5.41, 5.74) is 2.33. The Labute approximate surface area is 177 Å². The van der Waals surface area contributed by atoms with E-state index in [1.807, 2.05) is 38.1 Å². The van der Waals surface area contributed by atoms with E-state index < -0.39 is 11.7 Å². The summed E-state index contributed by atoms with van der Waals surface area (Å²) in [6, 6.07) is 17.3. The van der Waals surface area contributed by atoms with Gasteiger partial charge in [-0.15, -0.1) is 0 Å². The maximum Gasteiger partial charge on any atom is 0.255 e. The standard InChI is InChI=1S/C23H21BrFNO3/c1-3-28-22-10-7-16(23(27)26-21-9-8-18(24)13-20(21)25)12-17(22)14-29-19-6-4-5-15(2)11-19/h4-13H,3,14H2,1-2H3,(H,26,27). The smallest absolute Gasteiger partial charge is 0.255 e. The third kappa shape index (κ3) is 5.57. The van der Waals surface area contributed by atoms with Gasteiger partial charge >= 0.3 is 0 Å². The van der Waals surface area contributed by atoms with Gasteiger partial charge in [-0.1, -0.05) is 28.1 Å². The molecule has 3 aromatic rings. The maximum atomic E-state index is 14.0. The van der Waals surface area contributed by atoms with Crippen LogP contribution in [0.1, 0.15) is 28.4 Å². The number of aryl methyl sites for hydroxylation is 1. The van der Waals surface area contributed by atoms with Crippen LogP contribution >= 0.6 is 15.9 Å². The van der Waals surface area contributed by atoms with Crippen molar-refractivity contribution in [3.05, 3.63) is 87.6 Å². The van der Waals surface area contributed by atoms with Crippen LogP contribution in [0, 0.1) is 12.7 Å². The summed E-state index contributed by atoms with van der Waals surface area (Å²) < 4.78 is 26.2. The predicted molar refractivity (Wildman–Crippen MR) is 115 cm³/mol. The molecule has 3 rings (SSSR count). The molecule has 0 aliphatic carbocycles. The van der Waals surface area contributed by atoms with Crippen molar-refractivity contribution < 1.29 is 18.7 Å². The van der Waals surface area contributed by atoms with Gasteiger partial charge in [0.1, 0.15) is 23.9 Å². The summed E-state index contributed by atoms with van der Waals surface area (Å²) in [6.07, 6.45) is 0. The molecule has 0 heterocycles. The van der Waals surface area contributed by atoms with E-state index in [-0.39, 0.29) is 12.3 Å². The van der Waals surface area contributed by atoms with Crippen molar-refractivity contribution in [1.29, 1.82) is 0 Å². The minimum absolute atomic E-state index is 0.115. The second-order valence-electron chi connectivity index (χ2n) is 6.44. The first kappa shape index (κ1) is 20.9. The number of halogens is 2. The lowest BCUT2D eigenvalue weighted by Gasteiger charge is -2.14. The molecule has 0 fully saturated rings. The average molecular weight is 458 g/mol. The molecule has 1 amide bonds. The van der Waals surface area contributed by atoms with E-state index in [4.69, 9.17) is 9.47 Å². The first-order valence-corrected chi connectivity index (χ1v) is 9.97. The normalized spacial score (nSPS) is 10.5. The van der Waals surface area contributed by atoms with Gasteiger partial charge in [-0.2, -0.15) is 0 Å². The largest absolute Gasteiger partial charge is 0.493 e. The molecule has 0 bridgehead atoms. The Morgan fingerprint density at radius 2 is 1.90 bits per heavy atom. The fourth-order valence-corrected chi connectivity index (χ4v) is 3.11. The molecule has 0 atom stereocenters. The first-order chi connectivity index (χ1) is 14.0. The Bertz CT molecular complexity index is 1020. The van der Waals surface area contributed by atoms with Crippen LogP contribution in [0.2, 0.25) is 0 Å². The molecular weight excluding hydrogens is 437 g/mol. The van der Waals surface area contributed by atoms with Gasteiger partial charge in [-0.3, -0.25) is 4.79 Å². The Balaban J connectivity index is 1.80. The van der Waals surface area contributed by atoms with Crippen molar-refractivity contribution in [3.8, 4) is 11.5 Å². The molecule has 0 spiro atoms. The van der Waals surface area contributed by atoms with E-state index in [1.54, 1.807) is 24.3 Å². The number of anilines is 1. The van der Waals surface area contributed by atoms with Gasteiger partial charge in [-0.05, 0) is 67.9 Å². The van der Waals surface area contributed by atoms with Gasteiger partial charge in [0, 0.05) is 15.6 Å². The van der Waals surface area contributed by atoms with Crippen molar-refractivity contribution in [1.82, 2.24) is 0 Å². The Morgan fingerprint density at radius 3 is 2.62 bits per heavy atom. The van der Waals surface area contributed by atoms with Crippen LogP contribution in [0.15, 0.2) is 65.1 Å². The Kier molecular flexibility index (Phi) is 6.88. The Morgan fingerprint density at radius 1 is 1.07 bits per heavy atom. The van der Waals surface area contributed by atoms with Crippen molar-refractivity contribution in [2.45, 2.75) is 20.5 Å². The zero-order valence-electron chi connectivity index (χ0n) is 16.2. The summed E-state index contributed by atoms with van der Waals surface area (Å²) in [7, 11) is 0. The number of amides is 1. The highest BCUT2D eigenvalue weighted by molar-refractivity contribution is 9.10. The van der Waals surface area contributed by atoms with Crippen LogP contribution in [0.3, 0.4) is 0 Å². The molecule has 6 heteroatoms. The highest BCUT2D eigenvalue weighted by atomic mass is 79.9. The molecule has 0 aromatic heterocycles. The van der Waals surface area contributed by atoms with E-state index in [0.29, 0.717) is 22.4 Å². The van der Waals surface area contributed by atoms with Crippen LogP contribution in [0.4, 0.5) is 10.1 Å². The van der Waals surface area contributed by atoms with E-state index in [1.165, 1.54) is 12.1 Å². The summed E-state index contributed by atoms with van der Waals surface area (Å²) in [6.45, 7) is 4.62. The molecule has 29 heavy (non-hydrogen) atoms. The van der Waals surface area contributed by atoms with Crippen LogP contribution in [-0.4, -0.2) is 12.5 Å². The van der Waals surface area contributed by atoms with Crippen LogP contribution in [0.5, 0.6) is 11.5 Å². The third-order valence-corrected chi connectivity index (χ3v) is 4.68. The highest BCUT2D eigenvalue weighted by Gasteiger charge is 2.13. The molecule has 0 saturated carbocycles. The number of carbonyl (C=O) groups is 1. The van der Waals surface area contributed by atoms with E-state index in [2.05, 4.69) is 21.2 Å². The molecule has 0 radical (unpaired) electrons. The van der Waals surface area contributed by atoms with Crippen molar-refractivity contribution in [2.24, 2.45) is 0 Å². The van der Waals surface area contributed by atoms with E-state index >= 15 is 0 Å². The molecule has 0 saturated heterocycles. The van der Waals surface area contributed by atoms with Gasteiger partial charge in [-0.25, -0.2) is 4.39 Å². The molecule has 0 unspecified atom stereocenters.